The van der Waals surface area contributed by atoms with Crippen LogP contribution in [0.15, 0.2) is 30.3 Å². The van der Waals surface area contributed by atoms with Gasteiger partial charge in [-0.1, -0.05) is 35.3 Å². The second-order valence-electron chi connectivity index (χ2n) is 6.85. The van der Waals surface area contributed by atoms with Gasteiger partial charge >= 0.3 is 0 Å². The third-order valence-electron chi connectivity index (χ3n) is 4.89. The lowest BCUT2D eigenvalue weighted by molar-refractivity contribution is 0.100. The number of amides is 2. The number of phenols is 1. The molecule has 1 fully saturated rings. The van der Waals surface area contributed by atoms with E-state index in [1.807, 2.05) is 12.1 Å². The maximum atomic E-state index is 12.7. The molecule has 0 radical (unpaired) electrons. The van der Waals surface area contributed by atoms with Crippen LogP contribution in [0.25, 0.3) is 10.1 Å². The molecule has 1 aliphatic heterocycles. The SMILES string of the molecule is NC(=O)c1c(NC(=O)c2ccc(CN3CCC3)cc2)sc2c(Cl)c(O)c(Cl)cc12. The summed E-state index contributed by atoms with van der Waals surface area (Å²) in [4.78, 5) is 27.1. The summed E-state index contributed by atoms with van der Waals surface area (Å²) in [6.07, 6.45) is 1.23. The van der Waals surface area contributed by atoms with Crippen molar-refractivity contribution >= 4 is 61.4 Å². The van der Waals surface area contributed by atoms with Gasteiger partial charge in [0.15, 0.2) is 5.75 Å². The number of carbonyl (C=O) groups is 2. The Labute approximate surface area is 180 Å². The number of thiophene rings is 1. The smallest absolute Gasteiger partial charge is 0.256 e. The maximum absolute atomic E-state index is 12.7. The minimum absolute atomic E-state index is 0.00142. The fourth-order valence-corrected chi connectivity index (χ4v) is 4.91. The van der Waals surface area contributed by atoms with Crippen LogP contribution in [0.5, 0.6) is 5.75 Å². The van der Waals surface area contributed by atoms with Crippen molar-refractivity contribution in [3.63, 3.8) is 0 Å². The number of fused-ring (bicyclic) bond motifs is 1. The van der Waals surface area contributed by atoms with Crippen molar-refractivity contribution in [2.75, 3.05) is 18.4 Å². The van der Waals surface area contributed by atoms with Crippen LogP contribution in [-0.4, -0.2) is 34.9 Å². The van der Waals surface area contributed by atoms with E-state index < -0.39 is 5.91 Å². The number of halogens is 2. The maximum Gasteiger partial charge on any atom is 0.256 e. The summed E-state index contributed by atoms with van der Waals surface area (Å²) in [5.74, 6) is -1.39. The zero-order chi connectivity index (χ0) is 20.7. The lowest BCUT2D eigenvalue weighted by Crippen LogP contribution is -2.36. The molecule has 1 aromatic heterocycles. The first kappa shape index (κ1) is 20.0. The summed E-state index contributed by atoms with van der Waals surface area (Å²) in [5, 5.41) is 13.3. The monoisotopic (exact) mass is 449 g/mol. The number of anilines is 1. The Hall–Kier alpha value is -2.32. The fraction of sp³-hybridized carbons (Fsp3) is 0.200. The molecule has 9 heteroatoms. The molecule has 6 nitrogen and oxygen atoms in total. The Kier molecular flexibility index (Phi) is 5.40. The van der Waals surface area contributed by atoms with Crippen molar-refractivity contribution in [1.29, 1.82) is 0 Å². The molecule has 1 aliphatic rings. The second-order valence-corrected chi connectivity index (χ2v) is 8.65. The molecule has 0 saturated carbocycles. The summed E-state index contributed by atoms with van der Waals surface area (Å²) >= 11 is 13.2. The number of aromatic hydroxyl groups is 1. The number of nitrogens with zero attached hydrogens (tertiary/aromatic N) is 1. The van der Waals surface area contributed by atoms with Crippen molar-refractivity contribution in [2.24, 2.45) is 5.73 Å². The van der Waals surface area contributed by atoms with Gasteiger partial charge in [0.2, 0.25) is 0 Å². The number of likely N-dealkylation sites (tertiary alicyclic amines) is 1. The number of primary amides is 1. The lowest BCUT2D eigenvalue weighted by atomic mass is 10.1. The number of hydrogen-bond acceptors (Lipinski definition) is 5. The molecule has 0 unspecified atom stereocenters. The van der Waals surface area contributed by atoms with Crippen LogP contribution in [0, 0.1) is 0 Å². The van der Waals surface area contributed by atoms with Crippen molar-refractivity contribution in [3.8, 4) is 5.75 Å². The van der Waals surface area contributed by atoms with E-state index in [2.05, 4.69) is 10.2 Å². The van der Waals surface area contributed by atoms with Gasteiger partial charge in [0.05, 0.1) is 15.3 Å². The lowest BCUT2D eigenvalue weighted by Gasteiger charge is -2.30. The average Bonchev–Trinajstić information content (AvgIpc) is 3.01. The van der Waals surface area contributed by atoms with E-state index in [9.17, 15) is 14.7 Å². The Morgan fingerprint density at radius 2 is 1.90 bits per heavy atom. The van der Waals surface area contributed by atoms with Crippen LogP contribution in [0.2, 0.25) is 10.0 Å². The molecule has 2 heterocycles. The molecule has 0 bridgehead atoms. The number of hydrogen-bond donors (Lipinski definition) is 3. The Morgan fingerprint density at radius 3 is 2.48 bits per heavy atom. The van der Waals surface area contributed by atoms with Crippen molar-refractivity contribution in [2.45, 2.75) is 13.0 Å². The highest BCUT2D eigenvalue weighted by atomic mass is 35.5. The van der Waals surface area contributed by atoms with Crippen LogP contribution in [-0.2, 0) is 6.54 Å². The molecule has 29 heavy (non-hydrogen) atoms. The second kappa shape index (κ2) is 7.84. The first-order valence-corrected chi connectivity index (χ1v) is 10.5. The van der Waals surface area contributed by atoms with Gasteiger partial charge < -0.3 is 16.2 Å². The molecule has 4 N–H and O–H groups in total. The molecule has 150 valence electrons. The number of nitrogens with two attached hydrogens (primary N) is 1. The van der Waals surface area contributed by atoms with Gasteiger partial charge in [0.1, 0.15) is 10.0 Å². The van der Waals surface area contributed by atoms with Gasteiger partial charge in [-0.05, 0) is 43.3 Å². The minimum Gasteiger partial charge on any atom is -0.505 e. The molecular formula is C20H17Cl2N3O3S. The van der Waals surface area contributed by atoms with E-state index in [4.69, 9.17) is 28.9 Å². The number of rotatable bonds is 5. The predicted molar refractivity (Wildman–Crippen MR) is 116 cm³/mol. The normalized spacial score (nSPS) is 14.0. The van der Waals surface area contributed by atoms with Gasteiger partial charge in [-0.3, -0.25) is 14.5 Å². The van der Waals surface area contributed by atoms with Gasteiger partial charge in [0.25, 0.3) is 11.8 Å². The highest BCUT2D eigenvalue weighted by molar-refractivity contribution is 7.24. The van der Waals surface area contributed by atoms with E-state index in [1.54, 1.807) is 12.1 Å². The zero-order valence-corrected chi connectivity index (χ0v) is 17.5. The fourth-order valence-electron chi connectivity index (χ4n) is 3.22. The number of benzene rings is 2. The average molecular weight is 450 g/mol. The summed E-state index contributed by atoms with van der Waals surface area (Å²) in [7, 11) is 0. The molecule has 1 saturated heterocycles. The standard InChI is InChI=1S/C20H17Cl2N3O3S/c21-13-8-12-14(18(23)27)20(29-17(12)15(22)16(13)26)24-19(28)11-4-2-10(3-5-11)9-25-6-1-7-25/h2-5,8,26H,1,6-7,9H2,(H2,23,27)(H,24,28). The predicted octanol–water partition coefficient (Wildman–Crippen LogP) is 4.47. The molecule has 0 spiro atoms. The third-order valence-corrected chi connectivity index (χ3v) is 6.80. The van der Waals surface area contributed by atoms with E-state index >= 15 is 0 Å². The van der Waals surface area contributed by atoms with Crippen molar-refractivity contribution in [1.82, 2.24) is 4.90 Å². The summed E-state index contributed by atoms with van der Waals surface area (Å²) < 4.78 is 0.419. The largest absolute Gasteiger partial charge is 0.505 e. The molecule has 0 aliphatic carbocycles. The Bertz CT molecular complexity index is 1120. The molecule has 3 aromatic rings. The number of carbonyl (C=O) groups excluding carboxylic acids is 2. The van der Waals surface area contributed by atoms with E-state index in [1.165, 1.54) is 12.5 Å². The first-order valence-electron chi connectivity index (χ1n) is 8.91. The summed E-state index contributed by atoms with van der Waals surface area (Å²) in [6.45, 7) is 3.07. The van der Waals surface area contributed by atoms with Crippen LogP contribution >= 0.6 is 34.5 Å². The Balaban J connectivity index is 1.62. The summed E-state index contributed by atoms with van der Waals surface area (Å²) in [6, 6.07) is 8.74. The first-order chi connectivity index (χ1) is 13.8. The van der Waals surface area contributed by atoms with Gasteiger partial charge in [-0.15, -0.1) is 11.3 Å². The van der Waals surface area contributed by atoms with Crippen molar-refractivity contribution in [3.05, 3.63) is 57.1 Å². The molecule has 0 atom stereocenters. The third kappa shape index (κ3) is 3.79. The highest BCUT2D eigenvalue weighted by Crippen LogP contribution is 2.46. The highest BCUT2D eigenvalue weighted by Gasteiger charge is 2.23. The van der Waals surface area contributed by atoms with E-state index in [0.717, 1.165) is 36.5 Å². The van der Waals surface area contributed by atoms with Crippen molar-refractivity contribution < 1.29 is 14.7 Å². The minimum atomic E-state index is -0.728. The Morgan fingerprint density at radius 1 is 1.21 bits per heavy atom. The molecular weight excluding hydrogens is 433 g/mol. The van der Waals surface area contributed by atoms with Crippen LogP contribution in [0.1, 0.15) is 32.7 Å². The van der Waals surface area contributed by atoms with Crippen LogP contribution in [0.3, 0.4) is 0 Å². The zero-order valence-electron chi connectivity index (χ0n) is 15.2. The quantitative estimate of drug-likeness (QED) is 0.535. The topological polar surface area (TPSA) is 95.7 Å². The van der Waals surface area contributed by atoms with E-state index in [-0.39, 0.29) is 32.3 Å². The summed E-state index contributed by atoms with van der Waals surface area (Å²) in [5.41, 5.74) is 7.23. The molecule has 2 amide bonds. The van der Waals surface area contributed by atoms with Gasteiger partial charge in [-0.25, -0.2) is 0 Å². The molecule has 4 rings (SSSR count). The van der Waals surface area contributed by atoms with Crippen LogP contribution in [0.4, 0.5) is 5.00 Å². The van der Waals surface area contributed by atoms with Gasteiger partial charge in [0, 0.05) is 17.5 Å². The van der Waals surface area contributed by atoms with Gasteiger partial charge in [-0.2, -0.15) is 0 Å². The number of phenolic OH excluding ortho intramolecular Hbond substituents is 1. The molecule has 2 aromatic carbocycles. The number of nitrogens with one attached hydrogen (secondary N) is 1. The van der Waals surface area contributed by atoms with E-state index in [0.29, 0.717) is 15.6 Å². The van der Waals surface area contributed by atoms with Crippen LogP contribution < -0.4 is 11.1 Å².